The first kappa shape index (κ1) is 15.3. The molecule has 0 bridgehead atoms. The lowest BCUT2D eigenvalue weighted by atomic mass is 10.1. The van der Waals surface area contributed by atoms with E-state index in [-0.39, 0.29) is 11.5 Å². The first-order valence-electron chi connectivity index (χ1n) is 7.65. The highest BCUT2D eigenvalue weighted by atomic mass is 16.3. The molecule has 1 atom stereocenters. The molecule has 3 heterocycles. The van der Waals surface area contributed by atoms with Crippen LogP contribution in [0.25, 0.3) is 0 Å². The van der Waals surface area contributed by atoms with Crippen molar-refractivity contribution >= 4 is 11.6 Å². The van der Waals surface area contributed by atoms with Crippen molar-refractivity contribution in [1.29, 1.82) is 0 Å². The van der Waals surface area contributed by atoms with E-state index < -0.39 is 0 Å². The number of rotatable bonds is 4. The maximum absolute atomic E-state index is 12.1. The number of nitrogens with zero attached hydrogens (tertiary/aromatic N) is 3. The molecule has 1 amide bonds. The highest BCUT2D eigenvalue weighted by Crippen LogP contribution is 2.21. The van der Waals surface area contributed by atoms with E-state index in [1.165, 1.54) is 10.9 Å². The van der Waals surface area contributed by atoms with Crippen LogP contribution in [0.4, 0.5) is 5.69 Å². The molecule has 2 aromatic heterocycles. The van der Waals surface area contributed by atoms with Crippen molar-refractivity contribution in [2.75, 3.05) is 24.5 Å². The summed E-state index contributed by atoms with van der Waals surface area (Å²) >= 11 is 0. The highest BCUT2D eigenvalue weighted by molar-refractivity contribution is 5.95. The van der Waals surface area contributed by atoms with E-state index in [0.29, 0.717) is 23.8 Å². The van der Waals surface area contributed by atoms with Gasteiger partial charge in [-0.2, -0.15) is 5.10 Å². The van der Waals surface area contributed by atoms with E-state index in [2.05, 4.69) is 15.3 Å². The molecule has 122 valence electrons. The van der Waals surface area contributed by atoms with Crippen LogP contribution in [0.3, 0.4) is 0 Å². The smallest absolute Gasteiger partial charge is 0.268 e. The molecule has 7 heteroatoms. The fourth-order valence-electron chi connectivity index (χ4n) is 2.82. The van der Waals surface area contributed by atoms with E-state index in [9.17, 15) is 9.59 Å². The van der Waals surface area contributed by atoms with Gasteiger partial charge in [0.2, 0.25) is 0 Å². The molecule has 1 aliphatic rings. The average Bonchev–Trinajstić information content (AvgIpc) is 3.16. The third kappa shape index (κ3) is 3.28. The van der Waals surface area contributed by atoms with Crippen LogP contribution < -0.4 is 15.8 Å². The molecule has 0 spiro atoms. The molecule has 0 aliphatic carbocycles. The second-order valence-corrected chi connectivity index (χ2v) is 5.88. The third-order valence-electron chi connectivity index (χ3n) is 4.26. The average molecular weight is 316 g/mol. The molecule has 2 aromatic rings. The van der Waals surface area contributed by atoms with Crippen molar-refractivity contribution in [3.63, 3.8) is 0 Å². The molecular weight excluding hydrogens is 296 g/mol. The standard InChI is InChI=1S/C16H20N4O3/c1-11-14(4-6-23-11)16(22)17-8-12-3-5-20(10-12)13-7-15(21)19(2)18-9-13/h4,6-7,9,12H,3,5,8,10H2,1-2H3,(H,17,22). The predicted molar refractivity (Wildman–Crippen MR) is 85.6 cm³/mol. The summed E-state index contributed by atoms with van der Waals surface area (Å²) in [5, 5.41) is 7.00. The molecule has 1 N–H and O–H groups in total. The monoisotopic (exact) mass is 316 g/mol. The van der Waals surface area contributed by atoms with E-state index >= 15 is 0 Å². The number of amides is 1. The number of anilines is 1. The molecule has 0 aromatic carbocycles. The van der Waals surface area contributed by atoms with Gasteiger partial charge in [0.05, 0.1) is 23.7 Å². The second kappa shape index (κ2) is 6.28. The van der Waals surface area contributed by atoms with Gasteiger partial charge in [0.25, 0.3) is 11.5 Å². The van der Waals surface area contributed by atoms with Crippen molar-refractivity contribution in [2.45, 2.75) is 13.3 Å². The zero-order chi connectivity index (χ0) is 16.4. The predicted octanol–water partition coefficient (Wildman–Crippen LogP) is 0.938. The van der Waals surface area contributed by atoms with Gasteiger partial charge in [-0.15, -0.1) is 0 Å². The fraction of sp³-hybridized carbons (Fsp3) is 0.438. The minimum atomic E-state index is -0.116. The van der Waals surface area contributed by atoms with Crippen molar-refractivity contribution in [1.82, 2.24) is 15.1 Å². The van der Waals surface area contributed by atoms with Crippen LogP contribution in [0, 0.1) is 12.8 Å². The molecule has 3 rings (SSSR count). The number of hydrogen-bond donors (Lipinski definition) is 1. The second-order valence-electron chi connectivity index (χ2n) is 5.88. The molecule has 1 fully saturated rings. The zero-order valence-corrected chi connectivity index (χ0v) is 13.3. The third-order valence-corrected chi connectivity index (χ3v) is 4.26. The van der Waals surface area contributed by atoms with Gasteiger partial charge in [0, 0.05) is 32.7 Å². The first-order chi connectivity index (χ1) is 11.0. The summed E-state index contributed by atoms with van der Waals surface area (Å²) in [7, 11) is 1.63. The Kier molecular flexibility index (Phi) is 4.18. The van der Waals surface area contributed by atoms with Gasteiger partial charge in [-0.3, -0.25) is 9.59 Å². The Bertz CT molecular complexity index is 765. The van der Waals surface area contributed by atoms with Crippen molar-refractivity contribution in [3.05, 3.63) is 46.3 Å². The van der Waals surface area contributed by atoms with E-state index in [1.54, 1.807) is 32.3 Å². The summed E-state index contributed by atoms with van der Waals surface area (Å²) in [4.78, 5) is 25.9. The van der Waals surface area contributed by atoms with Crippen molar-refractivity contribution in [3.8, 4) is 0 Å². The molecule has 0 radical (unpaired) electrons. The Morgan fingerprint density at radius 3 is 3.04 bits per heavy atom. The minimum absolute atomic E-state index is 0.107. The summed E-state index contributed by atoms with van der Waals surface area (Å²) in [6.07, 6.45) is 4.20. The number of hydrogen-bond acceptors (Lipinski definition) is 5. The lowest BCUT2D eigenvalue weighted by Crippen LogP contribution is -2.31. The lowest BCUT2D eigenvalue weighted by Gasteiger charge is -2.18. The Labute approximate surface area is 133 Å². The van der Waals surface area contributed by atoms with E-state index in [0.717, 1.165) is 25.2 Å². The van der Waals surface area contributed by atoms with Crippen LogP contribution in [0.2, 0.25) is 0 Å². The van der Waals surface area contributed by atoms with Gasteiger partial charge in [-0.05, 0) is 25.3 Å². The van der Waals surface area contributed by atoms with Crippen LogP contribution in [-0.4, -0.2) is 35.3 Å². The summed E-state index contributed by atoms with van der Waals surface area (Å²) < 4.78 is 6.46. The van der Waals surface area contributed by atoms with Crippen molar-refractivity contribution < 1.29 is 9.21 Å². The van der Waals surface area contributed by atoms with Crippen LogP contribution >= 0.6 is 0 Å². The van der Waals surface area contributed by atoms with Gasteiger partial charge >= 0.3 is 0 Å². The van der Waals surface area contributed by atoms with Crippen LogP contribution in [0.5, 0.6) is 0 Å². The van der Waals surface area contributed by atoms with Crippen LogP contribution in [0.1, 0.15) is 22.5 Å². The highest BCUT2D eigenvalue weighted by Gasteiger charge is 2.24. The van der Waals surface area contributed by atoms with E-state index in [1.807, 2.05) is 0 Å². The quantitative estimate of drug-likeness (QED) is 0.908. The normalized spacial score (nSPS) is 17.5. The largest absolute Gasteiger partial charge is 0.469 e. The first-order valence-corrected chi connectivity index (χ1v) is 7.65. The van der Waals surface area contributed by atoms with Gasteiger partial charge in [-0.25, -0.2) is 4.68 Å². The molecule has 7 nitrogen and oxygen atoms in total. The molecule has 23 heavy (non-hydrogen) atoms. The molecular formula is C16H20N4O3. The van der Waals surface area contributed by atoms with E-state index in [4.69, 9.17) is 4.42 Å². The Morgan fingerprint density at radius 2 is 2.35 bits per heavy atom. The maximum Gasteiger partial charge on any atom is 0.268 e. The molecule has 0 saturated carbocycles. The van der Waals surface area contributed by atoms with Gasteiger partial charge < -0.3 is 14.6 Å². The Morgan fingerprint density at radius 1 is 1.52 bits per heavy atom. The summed E-state index contributed by atoms with van der Waals surface area (Å²) in [5.74, 6) is 0.877. The Hall–Kier alpha value is -2.57. The zero-order valence-electron chi connectivity index (χ0n) is 13.3. The summed E-state index contributed by atoms with van der Waals surface area (Å²) in [6.45, 7) is 4.05. The molecule has 1 saturated heterocycles. The van der Waals surface area contributed by atoms with Gasteiger partial charge in [-0.1, -0.05) is 0 Å². The topological polar surface area (TPSA) is 80.4 Å². The minimum Gasteiger partial charge on any atom is -0.469 e. The maximum atomic E-state index is 12.1. The summed E-state index contributed by atoms with van der Waals surface area (Å²) in [5.41, 5.74) is 1.30. The number of nitrogens with one attached hydrogen (secondary N) is 1. The SMILES string of the molecule is Cc1occc1C(=O)NCC1CCN(c2cnn(C)c(=O)c2)C1. The fourth-order valence-corrected chi connectivity index (χ4v) is 2.82. The Balaban J connectivity index is 1.56. The number of furan rings is 1. The van der Waals surface area contributed by atoms with Gasteiger partial charge in [0.15, 0.2) is 0 Å². The number of aromatic nitrogens is 2. The number of aryl methyl sites for hydroxylation is 2. The lowest BCUT2D eigenvalue weighted by molar-refractivity contribution is 0.0946. The van der Waals surface area contributed by atoms with Gasteiger partial charge in [0.1, 0.15) is 5.76 Å². The number of carbonyl (C=O) groups is 1. The summed E-state index contributed by atoms with van der Waals surface area (Å²) in [6, 6.07) is 3.28. The molecule has 1 aliphatic heterocycles. The van der Waals surface area contributed by atoms with Crippen LogP contribution in [-0.2, 0) is 7.05 Å². The van der Waals surface area contributed by atoms with Crippen molar-refractivity contribution in [2.24, 2.45) is 13.0 Å². The molecule has 1 unspecified atom stereocenters. The van der Waals surface area contributed by atoms with Crippen LogP contribution in [0.15, 0.2) is 33.8 Å². The number of carbonyl (C=O) groups excluding carboxylic acids is 1.